The van der Waals surface area contributed by atoms with Gasteiger partial charge in [-0.1, -0.05) is 50.2 Å². The van der Waals surface area contributed by atoms with Crippen molar-refractivity contribution in [2.45, 2.75) is 40.0 Å². The number of carbonyl (C=O) groups is 1. The first-order chi connectivity index (χ1) is 10.0. The lowest BCUT2D eigenvalue weighted by Crippen LogP contribution is -2.01. The van der Waals surface area contributed by atoms with Crippen LogP contribution in [0.2, 0.25) is 0 Å². The van der Waals surface area contributed by atoms with Gasteiger partial charge in [0.05, 0.1) is 0 Å². The Kier molecular flexibility index (Phi) is 4.78. The Hall–Kier alpha value is -2.10. The van der Waals surface area contributed by atoms with Crippen molar-refractivity contribution in [2.24, 2.45) is 5.92 Å². The molecule has 0 radical (unpaired) electrons. The fourth-order valence-electron chi connectivity index (χ4n) is 2.41. The van der Waals surface area contributed by atoms with Gasteiger partial charge < -0.3 is 9.63 Å². The minimum absolute atomic E-state index is 0.188. The van der Waals surface area contributed by atoms with E-state index in [1.165, 1.54) is 5.56 Å². The van der Waals surface area contributed by atoms with Gasteiger partial charge in [0, 0.05) is 12.0 Å². The molecule has 1 N–H and O–H groups in total. The molecule has 4 heteroatoms. The Morgan fingerprint density at radius 2 is 1.95 bits per heavy atom. The van der Waals surface area contributed by atoms with E-state index < -0.39 is 5.97 Å². The molecule has 0 saturated carbocycles. The van der Waals surface area contributed by atoms with Gasteiger partial charge in [-0.15, -0.1) is 0 Å². The summed E-state index contributed by atoms with van der Waals surface area (Å²) in [6, 6.07) is 7.87. The topological polar surface area (TPSA) is 63.3 Å². The van der Waals surface area contributed by atoms with Gasteiger partial charge in [0.25, 0.3) is 0 Å². The molecule has 2 rings (SSSR count). The molecule has 0 unspecified atom stereocenters. The molecule has 0 aliphatic rings. The van der Waals surface area contributed by atoms with Gasteiger partial charge in [-0.25, -0.2) is 4.79 Å². The van der Waals surface area contributed by atoms with Crippen molar-refractivity contribution in [3.8, 4) is 11.3 Å². The molecular formula is C17H21NO3. The first kappa shape index (κ1) is 15.3. The fourth-order valence-corrected chi connectivity index (χ4v) is 2.41. The number of rotatable bonds is 6. The smallest absolute Gasteiger partial charge is 0.341 e. The van der Waals surface area contributed by atoms with Crippen molar-refractivity contribution in [2.75, 3.05) is 0 Å². The van der Waals surface area contributed by atoms with Crippen molar-refractivity contribution >= 4 is 5.97 Å². The van der Waals surface area contributed by atoms with E-state index in [0.29, 0.717) is 23.8 Å². The maximum absolute atomic E-state index is 11.5. The molecule has 4 nitrogen and oxygen atoms in total. The lowest BCUT2D eigenvalue weighted by Gasteiger charge is -2.05. The van der Waals surface area contributed by atoms with Crippen LogP contribution in [0.4, 0.5) is 0 Å². The summed E-state index contributed by atoms with van der Waals surface area (Å²) in [6.07, 6.45) is 2.41. The molecule has 21 heavy (non-hydrogen) atoms. The Balaban J connectivity index is 2.35. The molecule has 0 spiro atoms. The molecule has 0 saturated heterocycles. The van der Waals surface area contributed by atoms with E-state index in [0.717, 1.165) is 18.4 Å². The molecule has 1 aromatic carbocycles. The molecule has 112 valence electrons. The Labute approximate surface area is 124 Å². The summed E-state index contributed by atoms with van der Waals surface area (Å²) >= 11 is 0. The van der Waals surface area contributed by atoms with Gasteiger partial charge in [0.15, 0.2) is 5.76 Å². The van der Waals surface area contributed by atoms with Gasteiger partial charge in [0.1, 0.15) is 11.3 Å². The minimum atomic E-state index is -0.985. The van der Waals surface area contributed by atoms with E-state index in [1.807, 2.05) is 31.2 Å². The number of aromatic nitrogens is 1. The van der Waals surface area contributed by atoms with E-state index in [2.05, 4.69) is 19.0 Å². The van der Waals surface area contributed by atoms with Crippen LogP contribution in [0.5, 0.6) is 0 Å². The lowest BCUT2D eigenvalue weighted by atomic mass is 9.99. The number of carboxylic acids is 1. The molecule has 1 heterocycles. The Morgan fingerprint density at radius 1 is 1.29 bits per heavy atom. The highest BCUT2D eigenvalue weighted by Gasteiger charge is 2.22. The largest absolute Gasteiger partial charge is 0.477 e. The normalized spacial score (nSPS) is 11.0. The molecule has 0 aliphatic carbocycles. The van der Waals surface area contributed by atoms with Crippen LogP contribution in [0.3, 0.4) is 0 Å². The average Bonchev–Trinajstić information content (AvgIpc) is 2.83. The van der Waals surface area contributed by atoms with Crippen LogP contribution in [-0.4, -0.2) is 16.2 Å². The van der Waals surface area contributed by atoms with E-state index >= 15 is 0 Å². The van der Waals surface area contributed by atoms with Gasteiger partial charge in [0.2, 0.25) is 0 Å². The molecule has 0 aliphatic heterocycles. The summed E-state index contributed by atoms with van der Waals surface area (Å²) in [4.78, 5) is 11.5. The van der Waals surface area contributed by atoms with Gasteiger partial charge in [-0.2, -0.15) is 0 Å². The van der Waals surface area contributed by atoms with E-state index in [4.69, 9.17) is 4.52 Å². The van der Waals surface area contributed by atoms with Crippen molar-refractivity contribution < 1.29 is 14.4 Å². The Morgan fingerprint density at radius 3 is 2.48 bits per heavy atom. The van der Waals surface area contributed by atoms with Crippen molar-refractivity contribution in [3.63, 3.8) is 0 Å². The highest BCUT2D eigenvalue weighted by Crippen LogP contribution is 2.27. The van der Waals surface area contributed by atoms with E-state index in [-0.39, 0.29) is 5.56 Å². The van der Waals surface area contributed by atoms with Crippen LogP contribution in [0.25, 0.3) is 11.3 Å². The molecule has 0 amide bonds. The molecule has 2 aromatic rings. The van der Waals surface area contributed by atoms with Gasteiger partial charge in [-0.3, -0.25) is 0 Å². The average molecular weight is 287 g/mol. The van der Waals surface area contributed by atoms with E-state index in [1.54, 1.807) is 0 Å². The third-order valence-corrected chi connectivity index (χ3v) is 3.33. The third-order valence-electron chi connectivity index (χ3n) is 3.33. The summed E-state index contributed by atoms with van der Waals surface area (Å²) in [6.45, 7) is 6.32. The predicted molar refractivity (Wildman–Crippen MR) is 81.4 cm³/mol. The monoisotopic (exact) mass is 287 g/mol. The van der Waals surface area contributed by atoms with Gasteiger partial charge >= 0.3 is 5.97 Å². The second-order valence-electron chi connectivity index (χ2n) is 5.68. The summed E-state index contributed by atoms with van der Waals surface area (Å²) in [7, 11) is 0. The van der Waals surface area contributed by atoms with Crippen molar-refractivity contribution in [1.29, 1.82) is 0 Å². The third kappa shape index (κ3) is 3.51. The highest BCUT2D eigenvalue weighted by molar-refractivity contribution is 5.95. The number of aryl methyl sites for hydroxylation is 1. The predicted octanol–water partition coefficient (Wildman–Crippen LogP) is 4.19. The first-order valence-corrected chi connectivity index (χ1v) is 7.34. The minimum Gasteiger partial charge on any atom is -0.477 e. The lowest BCUT2D eigenvalue weighted by molar-refractivity contribution is 0.0695. The number of benzene rings is 1. The first-order valence-electron chi connectivity index (χ1n) is 7.34. The van der Waals surface area contributed by atoms with Crippen LogP contribution in [0.1, 0.15) is 48.9 Å². The van der Waals surface area contributed by atoms with Crippen molar-refractivity contribution in [3.05, 3.63) is 41.2 Å². The Bertz CT molecular complexity index is 611. The summed E-state index contributed by atoms with van der Waals surface area (Å²) in [5, 5.41) is 13.4. The standard InChI is InChI=1S/C17H21NO3/c1-4-5-14-15(17(19)20)16(18-21-14)13-8-6-12(7-9-13)10-11(2)3/h6-9,11H,4-5,10H2,1-3H3,(H,19,20). The quantitative estimate of drug-likeness (QED) is 0.865. The zero-order valence-corrected chi connectivity index (χ0v) is 12.7. The fraction of sp³-hybridized carbons (Fsp3) is 0.412. The number of hydrogen-bond donors (Lipinski definition) is 1. The van der Waals surface area contributed by atoms with Crippen LogP contribution in [0, 0.1) is 5.92 Å². The number of carboxylic acid groups (broad SMARTS) is 1. The SMILES string of the molecule is CCCc1onc(-c2ccc(CC(C)C)cc2)c1C(=O)O. The van der Waals surface area contributed by atoms with Crippen LogP contribution >= 0.6 is 0 Å². The molecule has 0 fully saturated rings. The number of nitrogens with zero attached hydrogens (tertiary/aromatic N) is 1. The zero-order valence-electron chi connectivity index (χ0n) is 12.7. The van der Waals surface area contributed by atoms with Crippen molar-refractivity contribution in [1.82, 2.24) is 5.16 Å². The maximum Gasteiger partial charge on any atom is 0.341 e. The molecule has 0 bridgehead atoms. The van der Waals surface area contributed by atoms with Crippen LogP contribution in [-0.2, 0) is 12.8 Å². The summed E-state index contributed by atoms with van der Waals surface area (Å²) < 4.78 is 5.22. The second-order valence-corrected chi connectivity index (χ2v) is 5.68. The summed E-state index contributed by atoms with van der Waals surface area (Å²) in [5.74, 6) is 0.0563. The summed E-state index contributed by atoms with van der Waals surface area (Å²) in [5.41, 5.74) is 2.63. The number of aromatic carboxylic acids is 1. The zero-order chi connectivity index (χ0) is 15.4. The highest BCUT2D eigenvalue weighted by atomic mass is 16.5. The second kappa shape index (κ2) is 6.57. The molecular weight excluding hydrogens is 266 g/mol. The molecule has 0 atom stereocenters. The van der Waals surface area contributed by atoms with Crippen LogP contribution in [0.15, 0.2) is 28.8 Å². The maximum atomic E-state index is 11.5. The van der Waals surface area contributed by atoms with Gasteiger partial charge in [-0.05, 0) is 24.3 Å². The molecule has 1 aromatic heterocycles. The van der Waals surface area contributed by atoms with Crippen LogP contribution < -0.4 is 0 Å². The van der Waals surface area contributed by atoms with E-state index in [9.17, 15) is 9.90 Å². The number of hydrogen-bond acceptors (Lipinski definition) is 3.